The van der Waals surface area contributed by atoms with E-state index in [1.165, 1.54) is 31.4 Å². The molecule has 1 saturated carbocycles. The van der Waals surface area contributed by atoms with Crippen molar-refractivity contribution in [2.75, 3.05) is 12.3 Å². The van der Waals surface area contributed by atoms with Crippen molar-refractivity contribution < 1.29 is 4.52 Å². The second kappa shape index (κ2) is 4.61. The van der Waals surface area contributed by atoms with E-state index in [1.54, 1.807) is 0 Å². The fraction of sp³-hybridized carbons (Fsp3) is 0.833. The fourth-order valence-corrected chi connectivity index (χ4v) is 3.87. The predicted octanol–water partition coefficient (Wildman–Crippen LogP) is 2.41. The van der Waals surface area contributed by atoms with E-state index in [9.17, 15) is 0 Å². The summed E-state index contributed by atoms with van der Waals surface area (Å²) in [5, 5.41) is 4.61. The highest BCUT2D eigenvalue weighted by Gasteiger charge is 2.43. The van der Waals surface area contributed by atoms with Gasteiger partial charge in [-0.1, -0.05) is 18.0 Å². The van der Waals surface area contributed by atoms with E-state index in [2.05, 4.69) is 10.1 Å². The molecule has 1 aromatic heterocycles. The van der Waals surface area contributed by atoms with Gasteiger partial charge in [-0.3, -0.25) is 0 Å². The maximum Gasteiger partial charge on any atom is 0.234 e. The third-order valence-electron chi connectivity index (χ3n) is 4.06. The van der Waals surface area contributed by atoms with Gasteiger partial charge >= 0.3 is 0 Å². The van der Waals surface area contributed by atoms with Gasteiger partial charge in [0.1, 0.15) is 0 Å². The topological polar surface area (TPSA) is 64.9 Å². The Morgan fingerprint density at radius 3 is 2.82 bits per heavy atom. The summed E-state index contributed by atoms with van der Waals surface area (Å²) in [5.41, 5.74) is 5.86. The van der Waals surface area contributed by atoms with Crippen LogP contribution in [0.25, 0.3) is 0 Å². The highest BCUT2D eigenvalue weighted by molar-refractivity contribution is 7.99. The van der Waals surface area contributed by atoms with Crippen LogP contribution < -0.4 is 5.73 Å². The quantitative estimate of drug-likeness (QED) is 0.896. The van der Waals surface area contributed by atoms with Crippen LogP contribution in [-0.4, -0.2) is 22.4 Å². The van der Waals surface area contributed by atoms with Gasteiger partial charge in [-0.25, -0.2) is 0 Å². The van der Waals surface area contributed by atoms with Crippen LogP contribution in [-0.2, 0) is 5.41 Å². The van der Waals surface area contributed by atoms with Crippen molar-refractivity contribution in [1.82, 2.24) is 10.1 Å². The summed E-state index contributed by atoms with van der Waals surface area (Å²) < 4.78 is 5.46. The van der Waals surface area contributed by atoms with Gasteiger partial charge in [0.2, 0.25) is 5.89 Å². The SMILES string of the molecule is NCC1(c2nc(C3CCCCS3)no2)CCC1. The van der Waals surface area contributed by atoms with Gasteiger partial charge in [-0.15, -0.1) is 0 Å². The molecular weight excluding hydrogens is 234 g/mol. The molecule has 94 valence electrons. The first-order valence-corrected chi connectivity index (χ1v) is 7.55. The molecule has 1 unspecified atom stereocenters. The van der Waals surface area contributed by atoms with E-state index in [4.69, 9.17) is 10.3 Å². The van der Waals surface area contributed by atoms with E-state index in [1.807, 2.05) is 11.8 Å². The number of hydrogen-bond acceptors (Lipinski definition) is 5. The Morgan fingerprint density at radius 2 is 2.24 bits per heavy atom. The van der Waals surface area contributed by atoms with Crippen LogP contribution in [0.2, 0.25) is 0 Å². The summed E-state index contributed by atoms with van der Waals surface area (Å²) in [4.78, 5) is 4.62. The van der Waals surface area contributed by atoms with Crippen LogP contribution in [0.5, 0.6) is 0 Å². The largest absolute Gasteiger partial charge is 0.339 e. The lowest BCUT2D eigenvalue weighted by atomic mass is 9.69. The summed E-state index contributed by atoms with van der Waals surface area (Å²) in [6, 6.07) is 0. The van der Waals surface area contributed by atoms with Crippen LogP contribution in [0.15, 0.2) is 4.52 Å². The van der Waals surface area contributed by atoms with Crippen molar-refractivity contribution >= 4 is 11.8 Å². The number of aromatic nitrogens is 2. The van der Waals surface area contributed by atoms with Crippen molar-refractivity contribution in [3.63, 3.8) is 0 Å². The van der Waals surface area contributed by atoms with E-state index in [0.717, 1.165) is 24.6 Å². The van der Waals surface area contributed by atoms with Crippen LogP contribution in [0.3, 0.4) is 0 Å². The summed E-state index contributed by atoms with van der Waals surface area (Å²) in [6.07, 6.45) is 7.21. The second-order valence-corrected chi connectivity index (χ2v) is 6.46. The molecule has 1 aliphatic carbocycles. The lowest BCUT2D eigenvalue weighted by molar-refractivity contribution is 0.181. The molecule has 3 rings (SSSR count). The summed E-state index contributed by atoms with van der Waals surface area (Å²) in [7, 11) is 0. The molecular formula is C12H19N3OS. The highest BCUT2D eigenvalue weighted by Crippen LogP contribution is 2.43. The van der Waals surface area contributed by atoms with Gasteiger partial charge in [-0.05, 0) is 31.4 Å². The zero-order chi connectivity index (χ0) is 11.7. The fourth-order valence-electron chi connectivity index (χ4n) is 2.63. The molecule has 0 aromatic carbocycles. The molecule has 2 aliphatic rings. The minimum Gasteiger partial charge on any atom is -0.339 e. The molecule has 0 spiro atoms. The first-order chi connectivity index (χ1) is 8.34. The van der Waals surface area contributed by atoms with Crippen LogP contribution >= 0.6 is 11.8 Å². The first kappa shape index (κ1) is 11.5. The van der Waals surface area contributed by atoms with Crippen LogP contribution in [0.1, 0.15) is 55.5 Å². The zero-order valence-corrected chi connectivity index (χ0v) is 10.8. The Bertz CT molecular complexity index is 377. The smallest absolute Gasteiger partial charge is 0.234 e. The predicted molar refractivity (Wildman–Crippen MR) is 67.9 cm³/mol. The Labute approximate surface area is 106 Å². The van der Waals surface area contributed by atoms with E-state index >= 15 is 0 Å². The molecule has 0 amide bonds. The molecule has 0 radical (unpaired) electrons. The molecule has 2 heterocycles. The number of hydrogen-bond donors (Lipinski definition) is 1. The Morgan fingerprint density at radius 1 is 1.35 bits per heavy atom. The monoisotopic (exact) mass is 253 g/mol. The first-order valence-electron chi connectivity index (χ1n) is 6.50. The van der Waals surface area contributed by atoms with E-state index < -0.39 is 0 Å². The molecule has 1 saturated heterocycles. The molecule has 1 aliphatic heterocycles. The highest BCUT2D eigenvalue weighted by atomic mass is 32.2. The van der Waals surface area contributed by atoms with Gasteiger partial charge in [0.05, 0.1) is 10.7 Å². The molecule has 2 N–H and O–H groups in total. The van der Waals surface area contributed by atoms with Crippen LogP contribution in [0, 0.1) is 0 Å². The number of thioether (sulfide) groups is 1. The number of rotatable bonds is 3. The van der Waals surface area contributed by atoms with Gasteiger partial charge in [0.25, 0.3) is 0 Å². The summed E-state index contributed by atoms with van der Waals surface area (Å²) >= 11 is 1.96. The second-order valence-electron chi connectivity index (χ2n) is 5.15. The Hall–Kier alpha value is -0.550. The van der Waals surface area contributed by atoms with Crippen molar-refractivity contribution in [3.05, 3.63) is 11.7 Å². The average molecular weight is 253 g/mol. The Kier molecular flexibility index (Phi) is 3.13. The lowest BCUT2D eigenvalue weighted by Gasteiger charge is -2.36. The van der Waals surface area contributed by atoms with Gasteiger partial charge in [0, 0.05) is 6.54 Å². The molecule has 2 fully saturated rings. The molecule has 0 bridgehead atoms. The summed E-state index contributed by atoms with van der Waals surface area (Å²) in [6.45, 7) is 0.631. The maximum atomic E-state index is 5.86. The van der Waals surface area contributed by atoms with Crippen molar-refractivity contribution in [1.29, 1.82) is 0 Å². The third kappa shape index (κ3) is 1.99. The molecule has 1 atom stereocenters. The Balaban J connectivity index is 1.77. The summed E-state index contributed by atoms with van der Waals surface area (Å²) in [5.74, 6) is 2.90. The number of nitrogens with two attached hydrogens (primary N) is 1. The molecule has 5 heteroatoms. The van der Waals surface area contributed by atoms with Crippen LogP contribution in [0.4, 0.5) is 0 Å². The van der Waals surface area contributed by atoms with Gasteiger partial charge in [0.15, 0.2) is 5.82 Å². The molecule has 4 nitrogen and oxygen atoms in total. The standard InChI is InChI=1S/C12H19N3OS/c13-8-12(5-3-6-12)11-14-10(15-16-11)9-4-1-2-7-17-9/h9H,1-8,13H2. The minimum atomic E-state index is 0.00455. The van der Waals surface area contributed by atoms with Crippen molar-refractivity contribution in [3.8, 4) is 0 Å². The molecule has 1 aromatic rings. The van der Waals surface area contributed by atoms with Crippen molar-refractivity contribution in [2.45, 2.75) is 49.2 Å². The normalized spacial score (nSPS) is 27.7. The zero-order valence-electron chi connectivity index (χ0n) is 10.0. The maximum absolute atomic E-state index is 5.86. The van der Waals surface area contributed by atoms with Crippen molar-refractivity contribution in [2.24, 2.45) is 5.73 Å². The van der Waals surface area contributed by atoms with E-state index in [-0.39, 0.29) is 5.41 Å². The average Bonchev–Trinajstić information content (AvgIpc) is 2.80. The van der Waals surface area contributed by atoms with Gasteiger partial charge in [-0.2, -0.15) is 16.7 Å². The lowest BCUT2D eigenvalue weighted by Crippen LogP contribution is -2.41. The third-order valence-corrected chi connectivity index (χ3v) is 5.44. The number of nitrogens with zero attached hydrogens (tertiary/aromatic N) is 2. The van der Waals surface area contributed by atoms with E-state index in [0.29, 0.717) is 11.8 Å². The van der Waals surface area contributed by atoms with Gasteiger partial charge < -0.3 is 10.3 Å². The minimum absolute atomic E-state index is 0.00455. The molecule has 17 heavy (non-hydrogen) atoms.